The molecule has 13 heavy (non-hydrogen) atoms. The van der Waals surface area contributed by atoms with E-state index < -0.39 is 0 Å². The van der Waals surface area contributed by atoms with E-state index in [1.54, 1.807) is 0 Å². The molecule has 0 bridgehead atoms. The third-order valence-electron chi connectivity index (χ3n) is 3.08. The van der Waals surface area contributed by atoms with Gasteiger partial charge in [-0.05, 0) is 12.8 Å². The van der Waals surface area contributed by atoms with Crippen LogP contribution in [0, 0.1) is 5.41 Å². The smallest absolute Gasteiger partial charge is 0.0948 e. The van der Waals surface area contributed by atoms with Crippen molar-refractivity contribution in [2.45, 2.75) is 25.0 Å². The first-order chi connectivity index (χ1) is 6.26. The lowest BCUT2D eigenvalue weighted by Gasteiger charge is -2.18. The summed E-state index contributed by atoms with van der Waals surface area (Å²) in [5, 5.41) is 21.7. The minimum Gasteiger partial charge on any atom is -0.396 e. The predicted octanol–water partition coefficient (Wildman–Crippen LogP) is -0.892. The average molecular weight is 187 g/mol. The van der Waals surface area contributed by atoms with Crippen molar-refractivity contribution in [2.24, 2.45) is 5.41 Å². The summed E-state index contributed by atoms with van der Waals surface area (Å²) in [7, 11) is 0. The van der Waals surface area contributed by atoms with Crippen molar-refractivity contribution < 1.29 is 14.9 Å². The van der Waals surface area contributed by atoms with E-state index in [9.17, 15) is 5.11 Å². The van der Waals surface area contributed by atoms with Crippen molar-refractivity contribution >= 4 is 0 Å². The summed E-state index contributed by atoms with van der Waals surface area (Å²) in [5.74, 6) is 0. The summed E-state index contributed by atoms with van der Waals surface area (Å²) in [6.45, 7) is 2.07. The molecule has 2 fully saturated rings. The molecule has 1 saturated carbocycles. The zero-order valence-electron chi connectivity index (χ0n) is 7.70. The Morgan fingerprint density at radius 1 is 1.38 bits per heavy atom. The highest BCUT2D eigenvalue weighted by Gasteiger charge is 2.42. The van der Waals surface area contributed by atoms with E-state index in [4.69, 9.17) is 9.84 Å². The summed E-state index contributed by atoms with van der Waals surface area (Å²) >= 11 is 0. The Morgan fingerprint density at radius 2 is 2.15 bits per heavy atom. The molecule has 0 aromatic rings. The van der Waals surface area contributed by atoms with E-state index in [2.05, 4.69) is 5.32 Å². The fourth-order valence-electron chi connectivity index (χ4n) is 1.65. The summed E-state index contributed by atoms with van der Waals surface area (Å²) < 4.78 is 5.11. The molecule has 2 unspecified atom stereocenters. The van der Waals surface area contributed by atoms with Gasteiger partial charge in [-0.3, -0.25) is 0 Å². The minimum atomic E-state index is -0.380. The van der Waals surface area contributed by atoms with Crippen LogP contribution in [0.1, 0.15) is 12.8 Å². The Hall–Kier alpha value is -0.160. The fourth-order valence-corrected chi connectivity index (χ4v) is 1.65. The summed E-state index contributed by atoms with van der Waals surface area (Å²) in [4.78, 5) is 0. The molecular weight excluding hydrogens is 170 g/mol. The molecule has 2 aliphatic rings. The maximum atomic E-state index is 9.43. The highest BCUT2D eigenvalue weighted by Crippen LogP contribution is 2.44. The molecule has 4 nitrogen and oxygen atoms in total. The monoisotopic (exact) mass is 187 g/mol. The Morgan fingerprint density at radius 3 is 2.62 bits per heavy atom. The van der Waals surface area contributed by atoms with Gasteiger partial charge in [-0.1, -0.05) is 0 Å². The van der Waals surface area contributed by atoms with Crippen LogP contribution in [0.3, 0.4) is 0 Å². The summed E-state index contributed by atoms with van der Waals surface area (Å²) in [6, 6.07) is 0.0593. The second kappa shape index (κ2) is 3.53. The molecule has 1 heterocycles. The molecule has 1 aliphatic carbocycles. The van der Waals surface area contributed by atoms with Crippen molar-refractivity contribution in [1.82, 2.24) is 5.32 Å². The fraction of sp³-hybridized carbons (Fsp3) is 1.00. The summed E-state index contributed by atoms with van der Waals surface area (Å²) in [5.41, 5.74) is 0.113. The molecule has 1 saturated heterocycles. The maximum Gasteiger partial charge on any atom is 0.0948 e. The second-order valence-corrected chi connectivity index (χ2v) is 4.25. The quantitative estimate of drug-likeness (QED) is 0.534. The lowest BCUT2D eigenvalue weighted by Crippen LogP contribution is -2.42. The molecule has 2 rings (SSSR count). The highest BCUT2D eigenvalue weighted by atomic mass is 16.5. The molecule has 0 amide bonds. The summed E-state index contributed by atoms with van der Waals surface area (Å²) in [6.07, 6.45) is 1.81. The zero-order valence-corrected chi connectivity index (χ0v) is 7.70. The van der Waals surface area contributed by atoms with Crippen LogP contribution in [-0.2, 0) is 4.74 Å². The van der Waals surface area contributed by atoms with E-state index in [1.165, 1.54) is 0 Å². The molecule has 0 spiro atoms. The normalized spacial score (nSPS) is 36.5. The Kier molecular flexibility index (Phi) is 2.55. The largest absolute Gasteiger partial charge is 0.396 e. The molecule has 76 valence electrons. The molecule has 0 radical (unpaired) electrons. The van der Waals surface area contributed by atoms with Gasteiger partial charge in [0, 0.05) is 18.6 Å². The van der Waals surface area contributed by atoms with Gasteiger partial charge in [-0.15, -0.1) is 0 Å². The van der Waals surface area contributed by atoms with Crippen LogP contribution in [0.5, 0.6) is 0 Å². The number of nitrogens with one attached hydrogen (secondary N) is 1. The van der Waals surface area contributed by atoms with Crippen molar-refractivity contribution in [2.75, 3.05) is 26.4 Å². The highest BCUT2D eigenvalue weighted by molar-refractivity contribution is 4.96. The lowest BCUT2D eigenvalue weighted by molar-refractivity contribution is 0.120. The van der Waals surface area contributed by atoms with Crippen molar-refractivity contribution in [3.05, 3.63) is 0 Å². The molecule has 4 heteroatoms. The van der Waals surface area contributed by atoms with Gasteiger partial charge in [-0.25, -0.2) is 0 Å². The van der Waals surface area contributed by atoms with Gasteiger partial charge in [0.05, 0.1) is 25.4 Å². The van der Waals surface area contributed by atoms with Crippen molar-refractivity contribution in [3.63, 3.8) is 0 Å². The standard InChI is InChI=1S/C9H17NO3/c11-6-9(1-2-9)5-10-7-3-13-4-8(7)12/h7-8,10-12H,1-6H2. The van der Waals surface area contributed by atoms with Crippen LogP contribution in [0.4, 0.5) is 0 Å². The molecule has 3 N–H and O–H groups in total. The average Bonchev–Trinajstić information content (AvgIpc) is 2.82. The first-order valence-electron chi connectivity index (χ1n) is 4.86. The first-order valence-corrected chi connectivity index (χ1v) is 4.86. The van der Waals surface area contributed by atoms with Crippen LogP contribution in [0.25, 0.3) is 0 Å². The van der Waals surface area contributed by atoms with E-state index in [-0.39, 0.29) is 24.2 Å². The Balaban J connectivity index is 1.73. The van der Waals surface area contributed by atoms with E-state index in [1.807, 2.05) is 0 Å². The lowest BCUT2D eigenvalue weighted by atomic mass is 10.1. The van der Waals surface area contributed by atoms with Crippen molar-refractivity contribution in [1.29, 1.82) is 0 Å². The zero-order chi connectivity index (χ0) is 9.31. The number of rotatable bonds is 4. The van der Waals surface area contributed by atoms with Gasteiger partial charge in [0.25, 0.3) is 0 Å². The first kappa shape index (κ1) is 9.40. The van der Waals surface area contributed by atoms with Gasteiger partial charge in [-0.2, -0.15) is 0 Å². The maximum absolute atomic E-state index is 9.43. The molecule has 1 aliphatic heterocycles. The van der Waals surface area contributed by atoms with Gasteiger partial charge in [0.1, 0.15) is 0 Å². The SMILES string of the molecule is OCC1(CNC2COCC2O)CC1. The van der Waals surface area contributed by atoms with Crippen LogP contribution in [-0.4, -0.2) is 48.7 Å². The van der Waals surface area contributed by atoms with Crippen LogP contribution >= 0.6 is 0 Å². The molecular formula is C9H17NO3. The Labute approximate surface area is 77.9 Å². The molecule has 2 atom stereocenters. The number of ether oxygens (including phenoxy) is 1. The van der Waals surface area contributed by atoms with Crippen molar-refractivity contribution in [3.8, 4) is 0 Å². The van der Waals surface area contributed by atoms with Crippen LogP contribution in [0.15, 0.2) is 0 Å². The van der Waals surface area contributed by atoms with Crippen LogP contribution in [0.2, 0.25) is 0 Å². The Bertz CT molecular complexity index is 182. The van der Waals surface area contributed by atoms with Crippen LogP contribution < -0.4 is 5.32 Å². The van der Waals surface area contributed by atoms with E-state index in [0.29, 0.717) is 13.2 Å². The van der Waals surface area contributed by atoms with Gasteiger partial charge in [0.2, 0.25) is 0 Å². The molecule has 0 aromatic carbocycles. The number of aliphatic hydroxyl groups is 2. The number of hydrogen-bond acceptors (Lipinski definition) is 4. The topological polar surface area (TPSA) is 61.7 Å². The number of hydrogen-bond donors (Lipinski definition) is 3. The third kappa shape index (κ3) is 2.02. The molecule has 0 aromatic heterocycles. The van der Waals surface area contributed by atoms with E-state index >= 15 is 0 Å². The second-order valence-electron chi connectivity index (χ2n) is 4.25. The number of aliphatic hydroxyl groups excluding tert-OH is 2. The van der Waals surface area contributed by atoms with Gasteiger partial charge < -0.3 is 20.3 Å². The third-order valence-corrected chi connectivity index (χ3v) is 3.08. The van der Waals surface area contributed by atoms with E-state index in [0.717, 1.165) is 19.4 Å². The van der Waals surface area contributed by atoms with Gasteiger partial charge >= 0.3 is 0 Å². The minimum absolute atomic E-state index is 0.0593. The van der Waals surface area contributed by atoms with Gasteiger partial charge in [0.15, 0.2) is 0 Å². The predicted molar refractivity (Wildman–Crippen MR) is 47.4 cm³/mol.